The number of carbonyl (C=O) groups is 2. The molecule has 2 aliphatic heterocycles. The Morgan fingerprint density at radius 2 is 2.14 bits per heavy atom. The molecule has 1 aromatic carbocycles. The third kappa shape index (κ3) is 4.42. The Hall–Kier alpha value is -2.82. The molecule has 1 amide bonds. The van der Waals surface area contributed by atoms with E-state index in [9.17, 15) is 14.0 Å². The molecular weight excluding hydrogens is 505 g/mol. The first-order valence-electron chi connectivity index (χ1n) is 11.7. The number of hydrogen-bond acceptors (Lipinski definition) is 8. The molecule has 0 radical (unpaired) electrons. The van der Waals surface area contributed by atoms with Crippen LogP contribution in [-0.2, 0) is 14.3 Å². The fraction of sp³-hybridized carbons (Fsp3) is 0.440. The molecule has 1 aromatic heterocycles. The summed E-state index contributed by atoms with van der Waals surface area (Å²) in [6.45, 7) is 1.10. The smallest absolute Gasteiger partial charge is 0.338 e. The van der Waals surface area contributed by atoms with E-state index >= 15 is 0 Å². The van der Waals surface area contributed by atoms with E-state index in [0.717, 1.165) is 25.8 Å². The molecule has 2 fully saturated rings. The highest BCUT2D eigenvalue weighted by Crippen LogP contribution is 2.55. The quantitative estimate of drug-likeness (QED) is 0.575. The fourth-order valence-corrected chi connectivity index (χ4v) is 6.16. The minimum Gasteiger partial charge on any atom is -0.466 e. The minimum atomic E-state index is -0.827. The van der Waals surface area contributed by atoms with E-state index in [1.54, 1.807) is 19.3 Å². The predicted octanol–water partition coefficient (Wildman–Crippen LogP) is 3.40. The van der Waals surface area contributed by atoms with Crippen LogP contribution in [0.3, 0.4) is 0 Å². The van der Waals surface area contributed by atoms with Crippen molar-refractivity contribution in [1.82, 2.24) is 20.1 Å². The Morgan fingerprint density at radius 3 is 2.75 bits per heavy atom. The van der Waals surface area contributed by atoms with E-state index < -0.39 is 17.8 Å². The zero-order valence-electron chi connectivity index (χ0n) is 20.3. The first-order chi connectivity index (χ1) is 17.3. The number of nitrogens with one attached hydrogen (secondary N) is 1. The summed E-state index contributed by atoms with van der Waals surface area (Å²) in [4.78, 5) is 39.3. The Kier molecular flexibility index (Phi) is 6.61. The van der Waals surface area contributed by atoms with Gasteiger partial charge in [0.15, 0.2) is 10.8 Å². The summed E-state index contributed by atoms with van der Waals surface area (Å²) in [5.74, 6) is -0.509. The van der Waals surface area contributed by atoms with Crippen molar-refractivity contribution in [1.29, 1.82) is 0 Å². The molecule has 1 spiro atoms. The predicted molar refractivity (Wildman–Crippen MR) is 135 cm³/mol. The standard InChI is InChI=1S/C25H27ClFN5O3S/c1-28-22(33)17-11-25(6-7-25)13-32(17)12-18-19(24(34)35-3)20(15-5-4-14(27)10-16(15)26)30-21(31(18)2)23-29-8-9-36-23/h4-5,8-10,17,20H,6-7,11-13H2,1-3H3,(H,28,33)/t17-,20-/m0/s1. The van der Waals surface area contributed by atoms with Gasteiger partial charge < -0.3 is 15.0 Å². The molecule has 5 rings (SSSR count). The van der Waals surface area contributed by atoms with E-state index in [-0.39, 0.29) is 22.4 Å². The van der Waals surface area contributed by atoms with Crippen LogP contribution in [0.4, 0.5) is 4.39 Å². The molecule has 0 bridgehead atoms. The number of benzene rings is 1. The van der Waals surface area contributed by atoms with Crippen LogP contribution in [0.5, 0.6) is 0 Å². The molecule has 2 atom stereocenters. The van der Waals surface area contributed by atoms with Gasteiger partial charge in [0.05, 0.1) is 18.7 Å². The van der Waals surface area contributed by atoms with Gasteiger partial charge in [0.2, 0.25) is 5.91 Å². The van der Waals surface area contributed by atoms with Crippen molar-refractivity contribution in [3.63, 3.8) is 0 Å². The number of carbonyl (C=O) groups excluding carboxylic acids is 2. The number of methoxy groups -OCH3 is 1. The molecule has 8 nitrogen and oxygen atoms in total. The second-order valence-corrected chi connectivity index (χ2v) is 10.8. The van der Waals surface area contributed by atoms with Crippen LogP contribution in [0.25, 0.3) is 0 Å². The number of likely N-dealkylation sites (N-methyl/N-ethyl adjacent to an activating group) is 2. The fourth-order valence-electron chi connectivity index (χ4n) is 5.22. The van der Waals surface area contributed by atoms with Crippen molar-refractivity contribution in [2.75, 3.05) is 34.3 Å². The van der Waals surface area contributed by atoms with Gasteiger partial charge in [-0.1, -0.05) is 17.7 Å². The van der Waals surface area contributed by atoms with Crippen molar-refractivity contribution in [3.05, 3.63) is 62.5 Å². The van der Waals surface area contributed by atoms with Crippen LogP contribution in [-0.4, -0.2) is 72.8 Å². The molecule has 1 aliphatic carbocycles. The molecule has 1 N–H and O–H groups in total. The van der Waals surface area contributed by atoms with Crippen molar-refractivity contribution in [2.24, 2.45) is 10.4 Å². The number of aromatic nitrogens is 1. The lowest BCUT2D eigenvalue weighted by Crippen LogP contribution is -2.46. The van der Waals surface area contributed by atoms with Gasteiger partial charge in [-0.05, 0) is 36.8 Å². The second kappa shape index (κ2) is 9.57. The number of nitrogens with zero attached hydrogens (tertiary/aromatic N) is 4. The lowest BCUT2D eigenvalue weighted by atomic mass is 9.94. The third-order valence-electron chi connectivity index (χ3n) is 7.31. The molecule has 3 aliphatic rings. The summed E-state index contributed by atoms with van der Waals surface area (Å²) in [5.41, 5.74) is 1.60. The van der Waals surface area contributed by atoms with Gasteiger partial charge in [-0.25, -0.2) is 14.2 Å². The van der Waals surface area contributed by atoms with Crippen molar-refractivity contribution < 1.29 is 18.7 Å². The number of halogens is 2. The van der Waals surface area contributed by atoms with E-state index in [1.165, 1.54) is 30.6 Å². The molecular formula is C25H27ClFN5O3S. The number of aliphatic imine (C=N–C) groups is 1. The van der Waals surface area contributed by atoms with Crippen molar-refractivity contribution in [2.45, 2.75) is 31.3 Å². The Balaban J connectivity index is 1.64. The normalized spacial score (nSPS) is 23.1. The molecule has 2 aromatic rings. The summed E-state index contributed by atoms with van der Waals surface area (Å²) in [6.07, 6.45) is 4.66. The zero-order valence-corrected chi connectivity index (χ0v) is 21.8. The maximum Gasteiger partial charge on any atom is 0.338 e. The first kappa shape index (κ1) is 24.9. The monoisotopic (exact) mass is 531 g/mol. The van der Waals surface area contributed by atoms with Crippen molar-refractivity contribution >= 4 is 40.6 Å². The van der Waals surface area contributed by atoms with Gasteiger partial charge in [0.25, 0.3) is 0 Å². The average Bonchev–Trinajstić information content (AvgIpc) is 3.24. The minimum absolute atomic E-state index is 0.0376. The maximum absolute atomic E-state index is 13.9. The van der Waals surface area contributed by atoms with E-state index in [4.69, 9.17) is 21.3 Å². The number of thiazole rings is 1. The van der Waals surface area contributed by atoms with Gasteiger partial charge in [-0.2, -0.15) is 0 Å². The molecule has 0 unspecified atom stereocenters. The van der Waals surface area contributed by atoms with E-state index in [1.807, 2.05) is 17.3 Å². The van der Waals surface area contributed by atoms with Gasteiger partial charge in [0.1, 0.15) is 11.9 Å². The lowest BCUT2D eigenvalue weighted by molar-refractivity contribution is -0.136. The molecule has 11 heteroatoms. The van der Waals surface area contributed by atoms with Crippen LogP contribution in [0, 0.1) is 11.2 Å². The number of esters is 1. The van der Waals surface area contributed by atoms with Crippen LogP contribution in [0.2, 0.25) is 5.02 Å². The zero-order chi connectivity index (χ0) is 25.6. The van der Waals surface area contributed by atoms with Gasteiger partial charge in [-0.3, -0.25) is 14.7 Å². The molecule has 190 valence electrons. The van der Waals surface area contributed by atoms with Crippen LogP contribution < -0.4 is 5.32 Å². The number of rotatable bonds is 6. The number of amides is 1. The van der Waals surface area contributed by atoms with Crippen LogP contribution >= 0.6 is 22.9 Å². The van der Waals surface area contributed by atoms with Gasteiger partial charge in [0, 0.05) is 55.0 Å². The third-order valence-corrected chi connectivity index (χ3v) is 8.41. The summed E-state index contributed by atoms with van der Waals surface area (Å²) >= 11 is 7.88. The number of amidine groups is 1. The van der Waals surface area contributed by atoms with Gasteiger partial charge >= 0.3 is 5.97 Å². The molecule has 1 saturated heterocycles. The molecule has 3 heterocycles. The van der Waals surface area contributed by atoms with Gasteiger partial charge in [-0.15, -0.1) is 11.3 Å². The highest BCUT2D eigenvalue weighted by Gasteiger charge is 2.54. The average molecular weight is 532 g/mol. The largest absolute Gasteiger partial charge is 0.466 e. The number of ether oxygens (including phenoxy) is 1. The van der Waals surface area contributed by atoms with E-state index in [2.05, 4.69) is 15.2 Å². The summed E-state index contributed by atoms with van der Waals surface area (Å²) in [7, 11) is 4.79. The van der Waals surface area contributed by atoms with E-state index in [0.29, 0.717) is 34.2 Å². The Bertz CT molecular complexity index is 1260. The van der Waals surface area contributed by atoms with Crippen molar-refractivity contribution in [3.8, 4) is 0 Å². The lowest BCUT2D eigenvalue weighted by Gasteiger charge is -2.36. The highest BCUT2D eigenvalue weighted by molar-refractivity contribution is 7.11. The number of hydrogen-bond donors (Lipinski definition) is 1. The summed E-state index contributed by atoms with van der Waals surface area (Å²) in [5, 5.41) is 5.47. The topological polar surface area (TPSA) is 87.1 Å². The first-order valence-corrected chi connectivity index (χ1v) is 13.0. The number of likely N-dealkylation sites (tertiary alicyclic amines) is 1. The molecule has 1 saturated carbocycles. The highest BCUT2D eigenvalue weighted by atomic mass is 35.5. The Morgan fingerprint density at radius 1 is 1.36 bits per heavy atom. The summed E-state index contributed by atoms with van der Waals surface area (Å²) in [6, 6.07) is 2.92. The molecule has 36 heavy (non-hydrogen) atoms. The maximum atomic E-state index is 13.9. The SMILES string of the molecule is CNC(=O)[C@@H]1CC2(CC2)CN1CC1=C(C(=O)OC)[C@H](c2ccc(F)cc2Cl)N=C(c2nccs2)N1C. The second-order valence-electron chi connectivity index (χ2n) is 9.51. The summed E-state index contributed by atoms with van der Waals surface area (Å²) < 4.78 is 19.1. The van der Waals surface area contributed by atoms with Crippen LogP contribution in [0.15, 0.2) is 46.0 Å². The Labute approximate surface area is 217 Å². The van der Waals surface area contributed by atoms with Crippen LogP contribution in [0.1, 0.15) is 35.9 Å².